The Balaban J connectivity index is 1.75. The van der Waals surface area contributed by atoms with Crippen LogP contribution in [0.2, 0.25) is 0 Å². The second-order valence-electron chi connectivity index (χ2n) is 5.87. The lowest BCUT2D eigenvalue weighted by Crippen LogP contribution is -2.11. The number of carboxylic acid groups (broad SMARTS) is 1. The summed E-state index contributed by atoms with van der Waals surface area (Å²) >= 11 is 0. The van der Waals surface area contributed by atoms with Gasteiger partial charge in [0.25, 0.3) is 0 Å². The summed E-state index contributed by atoms with van der Waals surface area (Å²) in [5.41, 5.74) is 2.42. The molecule has 0 spiro atoms. The fraction of sp³-hybridized carbons (Fsp3) is 0.0455. The largest absolute Gasteiger partial charge is 0.478 e. The molecule has 0 unspecified atom stereocenters. The molecule has 3 aromatic rings. The number of aliphatic carboxylic acids is 1. The standard InChI is InChI=1S/C22H18N2O4/c25-19(12-14-21(26)27)24-18-11-13-20(23-15-18)28-22(16-7-3-1-4-8-16)17-9-5-2-6-10-17/h1-15,22H,(H,24,25)(H,26,27)/b14-12+. The van der Waals surface area contributed by atoms with E-state index in [1.54, 1.807) is 12.1 Å². The van der Waals surface area contributed by atoms with Crippen LogP contribution in [0.25, 0.3) is 0 Å². The number of hydrogen-bond donors (Lipinski definition) is 2. The average molecular weight is 374 g/mol. The van der Waals surface area contributed by atoms with E-state index in [2.05, 4.69) is 10.3 Å². The number of amides is 1. The van der Waals surface area contributed by atoms with Gasteiger partial charge in [0, 0.05) is 18.2 Å². The highest BCUT2D eigenvalue weighted by Gasteiger charge is 2.16. The Labute approximate surface area is 162 Å². The van der Waals surface area contributed by atoms with Crippen LogP contribution in [-0.2, 0) is 9.59 Å². The second-order valence-corrected chi connectivity index (χ2v) is 5.87. The van der Waals surface area contributed by atoms with Crippen molar-refractivity contribution in [1.29, 1.82) is 0 Å². The molecule has 0 atom stereocenters. The van der Waals surface area contributed by atoms with Crippen LogP contribution in [0, 0.1) is 0 Å². The maximum Gasteiger partial charge on any atom is 0.328 e. The van der Waals surface area contributed by atoms with Crippen LogP contribution in [-0.4, -0.2) is 22.0 Å². The molecule has 0 aliphatic rings. The Morgan fingerprint density at radius 3 is 2.00 bits per heavy atom. The van der Waals surface area contributed by atoms with Gasteiger partial charge in [-0.05, 0) is 17.2 Å². The fourth-order valence-corrected chi connectivity index (χ4v) is 2.56. The molecule has 1 heterocycles. The van der Waals surface area contributed by atoms with Gasteiger partial charge >= 0.3 is 5.97 Å². The molecule has 0 aliphatic carbocycles. The van der Waals surface area contributed by atoms with Crippen molar-refractivity contribution in [1.82, 2.24) is 4.98 Å². The molecule has 0 radical (unpaired) electrons. The van der Waals surface area contributed by atoms with Gasteiger partial charge in [-0.25, -0.2) is 9.78 Å². The average Bonchev–Trinajstić information content (AvgIpc) is 2.73. The molecule has 0 saturated heterocycles. The molecule has 1 amide bonds. The summed E-state index contributed by atoms with van der Waals surface area (Å²) in [4.78, 5) is 26.3. The molecule has 2 aromatic carbocycles. The van der Waals surface area contributed by atoms with Crippen molar-refractivity contribution < 1.29 is 19.4 Å². The molecular formula is C22H18N2O4. The quantitative estimate of drug-likeness (QED) is 0.614. The van der Waals surface area contributed by atoms with Crippen LogP contribution >= 0.6 is 0 Å². The second kappa shape index (κ2) is 9.14. The lowest BCUT2D eigenvalue weighted by atomic mass is 10.0. The maximum atomic E-state index is 11.6. The Bertz CT molecular complexity index is 915. The Hall–Kier alpha value is -3.93. The fourth-order valence-electron chi connectivity index (χ4n) is 2.56. The van der Waals surface area contributed by atoms with E-state index >= 15 is 0 Å². The van der Waals surface area contributed by atoms with Gasteiger partial charge in [-0.2, -0.15) is 0 Å². The number of nitrogens with one attached hydrogen (secondary N) is 1. The highest BCUT2D eigenvalue weighted by atomic mass is 16.5. The highest BCUT2D eigenvalue weighted by molar-refractivity contribution is 6.02. The lowest BCUT2D eigenvalue weighted by molar-refractivity contribution is -0.131. The van der Waals surface area contributed by atoms with E-state index in [-0.39, 0.29) is 6.10 Å². The Morgan fingerprint density at radius 1 is 0.893 bits per heavy atom. The topological polar surface area (TPSA) is 88.5 Å². The number of carbonyl (C=O) groups is 2. The number of carboxylic acids is 1. The minimum Gasteiger partial charge on any atom is -0.478 e. The monoisotopic (exact) mass is 374 g/mol. The molecule has 0 aliphatic heterocycles. The van der Waals surface area contributed by atoms with Crippen molar-refractivity contribution in [3.05, 3.63) is 102 Å². The summed E-state index contributed by atoms with van der Waals surface area (Å²) in [6.45, 7) is 0. The van der Waals surface area contributed by atoms with Gasteiger partial charge in [-0.15, -0.1) is 0 Å². The van der Waals surface area contributed by atoms with Crippen molar-refractivity contribution in [3.8, 4) is 5.88 Å². The molecular weight excluding hydrogens is 356 g/mol. The van der Waals surface area contributed by atoms with Gasteiger partial charge in [0.1, 0.15) is 0 Å². The molecule has 3 rings (SSSR count). The smallest absolute Gasteiger partial charge is 0.328 e. The van der Waals surface area contributed by atoms with Crippen LogP contribution in [0.3, 0.4) is 0 Å². The number of carbonyl (C=O) groups excluding carboxylic acids is 1. The van der Waals surface area contributed by atoms with Crippen molar-refractivity contribution in [3.63, 3.8) is 0 Å². The Kier molecular flexibility index (Phi) is 6.15. The van der Waals surface area contributed by atoms with Gasteiger partial charge in [0.15, 0.2) is 6.10 Å². The van der Waals surface area contributed by atoms with E-state index in [1.807, 2.05) is 60.7 Å². The predicted molar refractivity (Wildman–Crippen MR) is 105 cm³/mol. The number of rotatable bonds is 7. The third kappa shape index (κ3) is 5.28. The van der Waals surface area contributed by atoms with E-state index in [0.29, 0.717) is 11.6 Å². The molecule has 6 heteroatoms. The number of pyridine rings is 1. The first kappa shape index (κ1) is 18.8. The summed E-state index contributed by atoms with van der Waals surface area (Å²) in [6, 6.07) is 22.9. The van der Waals surface area contributed by atoms with Crippen molar-refractivity contribution >= 4 is 17.6 Å². The van der Waals surface area contributed by atoms with Crippen molar-refractivity contribution in [2.24, 2.45) is 0 Å². The summed E-state index contributed by atoms with van der Waals surface area (Å²) < 4.78 is 6.11. The lowest BCUT2D eigenvalue weighted by Gasteiger charge is -2.19. The van der Waals surface area contributed by atoms with Crippen molar-refractivity contribution in [2.75, 3.05) is 5.32 Å². The summed E-state index contributed by atoms with van der Waals surface area (Å²) in [6.07, 6.45) is 2.83. The maximum absolute atomic E-state index is 11.6. The SMILES string of the molecule is O=C(O)/C=C/C(=O)Nc1ccc(OC(c2ccccc2)c2ccccc2)nc1. The first-order valence-corrected chi connectivity index (χ1v) is 8.56. The molecule has 1 aromatic heterocycles. The van der Waals surface area contributed by atoms with Gasteiger partial charge in [-0.1, -0.05) is 60.7 Å². The van der Waals surface area contributed by atoms with E-state index in [4.69, 9.17) is 9.84 Å². The number of hydrogen-bond acceptors (Lipinski definition) is 4. The van der Waals surface area contributed by atoms with E-state index in [9.17, 15) is 9.59 Å². The summed E-state index contributed by atoms with van der Waals surface area (Å²) in [7, 11) is 0. The minimum absolute atomic E-state index is 0.325. The van der Waals surface area contributed by atoms with E-state index in [0.717, 1.165) is 23.3 Å². The molecule has 6 nitrogen and oxygen atoms in total. The zero-order chi connectivity index (χ0) is 19.8. The minimum atomic E-state index is -1.19. The zero-order valence-corrected chi connectivity index (χ0v) is 14.9. The van der Waals surface area contributed by atoms with Gasteiger partial charge < -0.3 is 15.2 Å². The number of ether oxygens (including phenoxy) is 1. The summed E-state index contributed by atoms with van der Waals surface area (Å²) in [5, 5.41) is 11.1. The molecule has 140 valence electrons. The number of aromatic nitrogens is 1. The first-order chi connectivity index (χ1) is 13.6. The number of nitrogens with zero attached hydrogens (tertiary/aromatic N) is 1. The van der Waals surface area contributed by atoms with Crippen LogP contribution in [0.5, 0.6) is 5.88 Å². The van der Waals surface area contributed by atoms with Crippen LogP contribution in [0.15, 0.2) is 91.1 Å². The molecule has 2 N–H and O–H groups in total. The molecule has 0 fully saturated rings. The molecule has 0 saturated carbocycles. The first-order valence-electron chi connectivity index (χ1n) is 8.56. The normalized spacial score (nSPS) is 10.8. The summed E-state index contributed by atoms with van der Waals surface area (Å²) in [5.74, 6) is -1.34. The predicted octanol–water partition coefficient (Wildman–Crippen LogP) is 3.83. The van der Waals surface area contributed by atoms with Gasteiger partial charge in [0.2, 0.25) is 11.8 Å². The highest BCUT2D eigenvalue weighted by Crippen LogP contribution is 2.27. The molecule has 28 heavy (non-hydrogen) atoms. The van der Waals surface area contributed by atoms with E-state index < -0.39 is 11.9 Å². The Morgan fingerprint density at radius 2 is 1.50 bits per heavy atom. The zero-order valence-electron chi connectivity index (χ0n) is 14.9. The molecule has 0 bridgehead atoms. The third-order valence-electron chi connectivity index (χ3n) is 3.82. The van der Waals surface area contributed by atoms with E-state index in [1.165, 1.54) is 6.20 Å². The number of anilines is 1. The number of benzene rings is 2. The van der Waals surface area contributed by atoms with Crippen molar-refractivity contribution in [2.45, 2.75) is 6.10 Å². The third-order valence-corrected chi connectivity index (χ3v) is 3.82. The van der Waals surface area contributed by atoms with Crippen LogP contribution in [0.4, 0.5) is 5.69 Å². The van der Waals surface area contributed by atoms with Crippen LogP contribution < -0.4 is 10.1 Å². The van der Waals surface area contributed by atoms with Gasteiger partial charge in [0.05, 0.1) is 11.9 Å². The van der Waals surface area contributed by atoms with Crippen LogP contribution in [0.1, 0.15) is 17.2 Å². The van der Waals surface area contributed by atoms with Gasteiger partial charge in [-0.3, -0.25) is 4.79 Å².